The molecule has 1 fully saturated rings. The van der Waals surface area contributed by atoms with Gasteiger partial charge >= 0.3 is 0 Å². The number of phenols is 1. The number of hydrogen-bond acceptors (Lipinski definition) is 3. The average Bonchev–Trinajstić information content (AvgIpc) is 2.30. The minimum absolute atomic E-state index is 0.389. The lowest BCUT2D eigenvalue weighted by Crippen LogP contribution is -2.48. The molecule has 1 aliphatic heterocycles. The van der Waals surface area contributed by atoms with Crippen molar-refractivity contribution in [3.05, 3.63) is 24.3 Å². The number of piperazine rings is 1. The van der Waals surface area contributed by atoms with Gasteiger partial charge in [0.25, 0.3) is 0 Å². The van der Waals surface area contributed by atoms with Gasteiger partial charge in [-0.25, -0.2) is 0 Å². The van der Waals surface area contributed by atoms with Crippen LogP contribution in [0.5, 0.6) is 5.75 Å². The monoisotopic (exact) mass is 220 g/mol. The van der Waals surface area contributed by atoms with Gasteiger partial charge in [-0.3, -0.25) is 4.90 Å². The van der Waals surface area contributed by atoms with E-state index in [1.807, 2.05) is 18.2 Å². The molecule has 1 saturated heterocycles. The van der Waals surface area contributed by atoms with E-state index in [-0.39, 0.29) is 0 Å². The second kappa shape index (κ2) is 4.74. The number of anilines is 1. The molecule has 0 aromatic heterocycles. The third-order valence-electron chi connectivity index (χ3n) is 3.27. The molecule has 3 heteroatoms. The van der Waals surface area contributed by atoms with Crippen LogP contribution in [-0.2, 0) is 0 Å². The van der Waals surface area contributed by atoms with Crippen LogP contribution in [0, 0.1) is 0 Å². The number of phenolic OH excluding ortho intramolecular Hbond substituents is 1. The van der Waals surface area contributed by atoms with Gasteiger partial charge in [-0.15, -0.1) is 0 Å². The molecule has 3 nitrogen and oxygen atoms in total. The lowest BCUT2D eigenvalue weighted by molar-refractivity contribution is 0.209. The van der Waals surface area contributed by atoms with E-state index in [0.29, 0.717) is 11.8 Å². The fraction of sp³-hybridized carbons (Fsp3) is 0.538. The lowest BCUT2D eigenvalue weighted by Gasteiger charge is -2.38. The zero-order valence-electron chi connectivity index (χ0n) is 10.1. The normalized spacial score (nSPS) is 18.1. The van der Waals surface area contributed by atoms with Crippen LogP contribution in [0.4, 0.5) is 5.69 Å². The van der Waals surface area contributed by atoms with Gasteiger partial charge < -0.3 is 10.0 Å². The zero-order chi connectivity index (χ0) is 11.5. The minimum Gasteiger partial charge on any atom is -0.506 e. The summed E-state index contributed by atoms with van der Waals surface area (Å²) in [4.78, 5) is 4.73. The first-order chi connectivity index (χ1) is 7.68. The van der Waals surface area contributed by atoms with Crippen LogP contribution in [0.2, 0.25) is 0 Å². The lowest BCUT2D eigenvalue weighted by atomic mass is 10.2. The van der Waals surface area contributed by atoms with Gasteiger partial charge in [-0.1, -0.05) is 12.1 Å². The second-order valence-corrected chi connectivity index (χ2v) is 4.61. The molecule has 88 valence electrons. The number of para-hydroxylation sites is 2. The number of hydrogen-bond donors (Lipinski definition) is 1. The van der Waals surface area contributed by atoms with Crippen molar-refractivity contribution in [2.75, 3.05) is 31.1 Å². The molecule has 0 aliphatic carbocycles. The Kier molecular flexibility index (Phi) is 3.34. The third-order valence-corrected chi connectivity index (χ3v) is 3.27. The van der Waals surface area contributed by atoms with Crippen LogP contribution >= 0.6 is 0 Å². The molecule has 2 rings (SSSR count). The molecular formula is C13H20N2O. The molecule has 0 unspecified atom stereocenters. The Morgan fingerprint density at radius 1 is 1.06 bits per heavy atom. The van der Waals surface area contributed by atoms with Gasteiger partial charge in [0.05, 0.1) is 5.69 Å². The van der Waals surface area contributed by atoms with E-state index < -0.39 is 0 Å². The molecule has 0 radical (unpaired) electrons. The summed E-state index contributed by atoms with van der Waals surface area (Å²) < 4.78 is 0. The molecular weight excluding hydrogens is 200 g/mol. The smallest absolute Gasteiger partial charge is 0.138 e. The SMILES string of the molecule is CC(C)N1CCN(c2ccccc2O)CC1. The first kappa shape index (κ1) is 11.3. The van der Waals surface area contributed by atoms with Crippen molar-refractivity contribution >= 4 is 5.69 Å². The quantitative estimate of drug-likeness (QED) is 0.825. The summed E-state index contributed by atoms with van der Waals surface area (Å²) in [5.74, 6) is 0.389. The molecule has 0 spiro atoms. The van der Waals surface area contributed by atoms with E-state index in [2.05, 4.69) is 23.6 Å². The topological polar surface area (TPSA) is 26.7 Å². The first-order valence-electron chi connectivity index (χ1n) is 5.95. The van der Waals surface area contributed by atoms with E-state index in [9.17, 15) is 5.11 Å². The molecule has 16 heavy (non-hydrogen) atoms. The Bertz CT molecular complexity index is 344. The van der Waals surface area contributed by atoms with Crippen molar-refractivity contribution < 1.29 is 5.11 Å². The largest absolute Gasteiger partial charge is 0.506 e. The van der Waals surface area contributed by atoms with E-state index in [4.69, 9.17) is 0 Å². The molecule has 1 aliphatic rings. The zero-order valence-corrected chi connectivity index (χ0v) is 10.1. The predicted octanol–water partition coefficient (Wildman–Crippen LogP) is 1.92. The summed E-state index contributed by atoms with van der Waals surface area (Å²) in [6.07, 6.45) is 0. The van der Waals surface area contributed by atoms with E-state index >= 15 is 0 Å². The highest BCUT2D eigenvalue weighted by atomic mass is 16.3. The maximum atomic E-state index is 9.78. The summed E-state index contributed by atoms with van der Waals surface area (Å²) in [5, 5.41) is 9.78. The summed E-state index contributed by atoms with van der Waals surface area (Å²) in [5.41, 5.74) is 0.964. The molecule has 1 heterocycles. The van der Waals surface area contributed by atoms with Crippen LogP contribution in [0.25, 0.3) is 0 Å². The van der Waals surface area contributed by atoms with Gasteiger partial charge in [-0.2, -0.15) is 0 Å². The van der Waals surface area contributed by atoms with E-state index in [0.717, 1.165) is 31.9 Å². The fourth-order valence-electron chi connectivity index (χ4n) is 2.21. The van der Waals surface area contributed by atoms with Gasteiger partial charge in [0.1, 0.15) is 5.75 Å². The number of rotatable bonds is 2. The Labute approximate surface area is 97.3 Å². The van der Waals surface area contributed by atoms with Crippen LogP contribution in [0.15, 0.2) is 24.3 Å². The summed E-state index contributed by atoms with van der Waals surface area (Å²) in [7, 11) is 0. The average molecular weight is 220 g/mol. The predicted molar refractivity (Wildman–Crippen MR) is 67.0 cm³/mol. The Morgan fingerprint density at radius 2 is 1.69 bits per heavy atom. The van der Waals surface area contributed by atoms with Gasteiger partial charge in [0.2, 0.25) is 0 Å². The Morgan fingerprint density at radius 3 is 2.25 bits per heavy atom. The highest BCUT2D eigenvalue weighted by Gasteiger charge is 2.20. The molecule has 0 atom stereocenters. The standard InChI is InChI=1S/C13H20N2O/c1-11(2)14-7-9-15(10-8-14)12-5-3-4-6-13(12)16/h3-6,11,16H,7-10H2,1-2H3. The van der Waals surface area contributed by atoms with Crippen molar-refractivity contribution in [2.45, 2.75) is 19.9 Å². The van der Waals surface area contributed by atoms with Crippen LogP contribution < -0.4 is 4.90 Å². The number of nitrogens with zero attached hydrogens (tertiary/aromatic N) is 2. The van der Waals surface area contributed by atoms with Gasteiger partial charge in [0.15, 0.2) is 0 Å². The van der Waals surface area contributed by atoms with E-state index in [1.165, 1.54) is 0 Å². The molecule has 0 saturated carbocycles. The van der Waals surface area contributed by atoms with Gasteiger partial charge in [-0.05, 0) is 26.0 Å². The fourth-order valence-corrected chi connectivity index (χ4v) is 2.21. The van der Waals surface area contributed by atoms with Crippen molar-refractivity contribution in [3.8, 4) is 5.75 Å². The van der Waals surface area contributed by atoms with Crippen LogP contribution in [0.1, 0.15) is 13.8 Å². The summed E-state index contributed by atoms with van der Waals surface area (Å²) >= 11 is 0. The molecule has 1 aromatic rings. The first-order valence-corrected chi connectivity index (χ1v) is 5.95. The second-order valence-electron chi connectivity index (χ2n) is 4.61. The highest BCUT2D eigenvalue weighted by Crippen LogP contribution is 2.27. The molecule has 1 aromatic carbocycles. The highest BCUT2D eigenvalue weighted by molar-refractivity contribution is 5.57. The minimum atomic E-state index is 0.389. The third kappa shape index (κ3) is 2.30. The molecule has 1 N–H and O–H groups in total. The number of benzene rings is 1. The van der Waals surface area contributed by atoms with Crippen LogP contribution in [-0.4, -0.2) is 42.2 Å². The molecule has 0 amide bonds. The van der Waals surface area contributed by atoms with Crippen molar-refractivity contribution in [3.63, 3.8) is 0 Å². The summed E-state index contributed by atoms with van der Waals surface area (Å²) in [6, 6.07) is 8.20. The van der Waals surface area contributed by atoms with Crippen molar-refractivity contribution in [2.24, 2.45) is 0 Å². The Hall–Kier alpha value is -1.22. The van der Waals surface area contributed by atoms with Gasteiger partial charge in [0, 0.05) is 32.2 Å². The Balaban J connectivity index is 2.02. The number of aromatic hydroxyl groups is 1. The maximum absolute atomic E-state index is 9.78. The summed E-state index contributed by atoms with van der Waals surface area (Å²) in [6.45, 7) is 8.61. The van der Waals surface area contributed by atoms with Crippen LogP contribution in [0.3, 0.4) is 0 Å². The van der Waals surface area contributed by atoms with E-state index in [1.54, 1.807) is 6.07 Å². The maximum Gasteiger partial charge on any atom is 0.138 e. The molecule has 0 bridgehead atoms. The van der Waals surface area contributed by atoms with Crippen molar-refractivity contribution in [1.29, 1.82) is 0 Å². The van der Waals surface area contributed by atoms with Crippen molar-refractivity contribution in [1.82, 2.24) is 4.90 Å².